The van der Waals surface area contributed by atoms with Crippen molar-refractivity contribution in [3.63, 3.8) is 0 Å². The van der Waals surface area contributed by atoms with Crippen LogP contribution in [0, 0.1) is 17.8 Å². The minimum atomic E-state index is -0.173. The molecule has 6 rings (SSSR count). The van der Waals surface area contributed by atoms with Crippen LogP contribution in [0.5, 0.6) is 0 Å². The van der Waals surface area contributed by atoms with Crippen molar-refractivity contribution in [2.45, 2.75) is 152 Å². The fourth-order valence-corrected chi connectivity index (χ4v) is 10.2. The number of ether oxygens (including phenoxy) is 1. The van der Waals surface area contributed by atoms with Gasteiger partial charge in [0.25, 0.3) is 5.91 Å². The molecular formula is C35H59N5O3. The molecule has 0 bridgehead atoms. The number of nitrogens with one attached hydrogen (secondary N) is 3. The molecule has 5 fully saturated rings. The van der Waals surface area contributed by atoms with Gasteiger partial charge in [-0.3, -0.25) is 9.59 Å². The van der Waals surface area contributed by atoms with Crippen molar-refractivity contribution in [2.24, 2.45) is 17.8 Å². The van der Waals surface area contributed by atoms with E-state index in [1.807, 2.05) is 6.20 Å². The number of morpholine rings is 1. The van der Waals surface area contributed by atoms with Crippen LogP contribution in [0.1, 0.15) is 105 Å². The molecule has 2 saturated heterocycles. The highest BCUT2D eigenvalue weighted by molar-refractivity contribution is 6.20. The second-order valence-corrected chi connectivity index (χ2v) is 16.6. The van der Waals surface area contributed by atoms with Gasteiger partial charge in [-0.25, -0.2) is 0 Å². The molecule has 43 heavy (non-hydrogen) atoms. The Morgan fingerprint density at radius 1 is 1.02 bits per heavy atom. The maximum atomic E-state index is 14.1. The highest BCUT2D eigenvalue weighted by Gasteiger charge is 2.57. The average Bonchev–Trinajstić information content (AvgIpc) is 2.91. The molecule has 3 heterocycles. The second kappa shape index (κ2) is 12.4. The Bertz CT molecular complexity index is 1060. The van der Waals surface area contributed by atoms with Gasteiger partial charge in [0.15, 0.2) is 5.78 Å². The Labute approximate surface area is 260 Å². The first-order valence-corrected chi connectivity index (χ1v) is 17.6. The number of carbonyl (C=O) groups excluding carboxylic acids is 2. The van der Waals surface area contributed by atoms with Crippen molar-refractivity contribution in [1.29, 1.82) is 0 Å². The van der Waals surface area contributed by atoms with Crippen LogP contribution in [0.2, 0.25) is 0 Å². The fraction of sp³-hybridized carbons (Fsp3) is 0.886. The van der Waals surface area contributed by atoms with Gasteiger partial charge < -0.3 is 30.5 Å². The molecule has 242 valence electrons. The van der Waals surface area contributed by atoms with Gasteiger partial charge in [-0.05, 0) is 118 Å². The molecule has 6 aliphatic rings. The van der Waals surface area contributed by atoms with Crippen molar-refractivity contribution in [3.8, 4) is 0 Å². The number of Topliss-reactive ketones (excluding diaryl/α,β-unsaturated/α-hetero) is 1. The molecule has 1 amide bonds. The molecule has 8 nitrogen and oxygen atoms in total. The van der Waals surface area contributed by atoms with Gasteiger partial charge in [-0.1, -0.05) is 25.7 Å². The lowest BCUT2D eigenvalue weighted by molar-refractivity contribution is -0.200. The summed E-state index contributed by atoms with van der Waals surface area (Å²) in [5.74, 6) is 1.19. The highest BCUT2D eigenvalue weighted by Crippen LogP contribution is 2.49. The predicted octanol–water partition coefficient (Wildman–Crippen LogP) is 4.00. The molecule has 0 spiro atoms. The Hall–Kier alpha value is -1.48. The lowest BCUT2D eigenvalue weighted by atomic mass is 9.65. The van der Waals surface area contributed by atoms with E-state index in [1.165, 1.54) is 32.1 Å². The van der Waals surface area contributed by atoms with E-state index < -0.39 is 0 Å². The molecule has 0 aromatic heterocycles. The topological polar surface area (TPSA) is 85.9 Å². The van der Waals surface area contributed by atoms with Crippen LogP contribution in [0.15, 0.2) is 11.8 Å². The van der Waals surface area contributed by atoms with Crippen LogP contribution >= 0.6 is 0 Å². The zero-order valence-electron chi connectivity index (χ0n) is 27.8. The summed E-state index contributed by atoms with van der Waals surface area (Å²) in [6, 6.07) is 0.578. The number of hydrogen-bond acceptors (Lipinski definition) is 7. The van der Waals surface area contributed by atoms with E-state index in [9.17, 15) is 9.59 Å². The van der Waals surface area contributed by atoms with Crippen molar-refractivity contribution >= 4 is 11.7 Å². The van der Waals surface area contributed by atoms with Crippen molar-refractivity contribution < 1.29 is 14.3 Å². The molecule has 0 aromatic carbocycles. The second-order valence-electron chi connectivity index (χ2n) is 16.6. The number of rotatable bonds is 8. The standard InChI is InChI=1S/C35H59N5O3/c1-34(2)19-24(20-35(3,4)38-34)37-33(42)26-21-40-28-17-22-11-7-8-12-23(22)18-29(28)43-32-27(36-15-9-10-16-39(5)6)14-13-25(30(32)40)31(26)41/h21-25,27-30,32,36,38H,7-20H2,1-6H3,(H,37,42). The average molecular weight is 598 g/mol. The molecule has 3 saturated carbocycles. The van der Waals surface area contributed by atoms with Crippen LogP contribution in [0.3, 0.4) is 0 Å². The maximum Gasteiger partial charge on any atom is 0.256 e. The van der Waals surface area contributed by atoms with Crippen LogP contribution in [-0.2, 0) is 14.3 Å². The minimum absolute atomic E-state index is 0.00943. The Morgan fingerprint density at radius 3 is 2.42 bits per heavy atom. The molecule has 3 aliphatic heterocycles. The van der Waals surface area contributed by atoms with E-state index in [0.29, 0.717) is 5.57 Å². The van der Waals surface area contributed by atoms with Gasteiger partial charge in [0.1, 0.15) is 0 Å². The van der Waals surface area contributed by atoms with Crippen LogP contribution < -0.4 is 16.0 Å². The lowest BCUT2D eigenvalue weighted by Crippen LogP contribution is -2.71. The number of ketones is 1. The highest BCUT2D eigenvalue weighted by atomic mass is 16.5. The molecular weight excluding hydrogens is 538 g/mol. The van der Waals surface area contributed by atoms with Gasteiger partial charge in [0.2, 0.25) is 0 Å². The van der Waals surface area contributed by atoms with Gasteiger partial charge >= 0.3 is 0 Å². The van der Waals surface area contributed by atoms with Gasteiger partial charge in [0.05, 0.1) is 29.9 Å². The summed E-state index contributed by atoms with van der Waals surface area (Å²) in [5, 5.41) is 10.9. The van der Waals surface area contributed by atoms with Gasteiger partial charge in [-0.2, -0.15) is 0 Å². The summed E-state index contributed by atoms with van der Waals surface area (Å²) in [6.07, 6.45) is 15.5. The first-order chi connectivity index (χ1) is 20.4. The number of amides is 1. The molecule has 0 aromatic rings. The first-order valence-electron chi connectivity index (χ1n) is 17.6. The van der Waals surface area contributed by atoms with Crippen molar-refractivity contribution in [2.75, 3.05) is 27.2 Å². The smallest absolute Gasteiger partial charge is 0.256 e. The zero-order valence-corrected chi connectivity index (χ0v) is 27.8. The Balaban J connectivity index is 1.24. The van der Waals surface area contributed by atoms with Crippen LogP contribution in [0.25, 0.3) is 0 Å². The number of carbonyl (C=O) groups is 2. The van der Waals surface area contributed by atoms with E-state index in [2.05, 4.69) is 67.5 Å². The monoisotopic (exact) mass is 597 g/mol. The third-order valence-corrected chi connectivity index (χ3v) is 11.7. The molecule has 8 atom stereocenters. The predicted molar refractivity (Wildman–Crippen MR) is 171 cm³/mol. The number of piperidine rings is 1. The third kappa shape index (κ3) is 6.73. The third-order valence-electron chi connectivity index (χ3n) is 11.7. The molecule has 0 radical (unpaired) electrons. The molecule has 3 aliphatic carbocycles. The fourth-order valence-electron chi connectivity index (χ4n) is 10.2. The zero-order chi connectivity index (χ0) is 30.5. The number of nitrogens with zero attached hydrogens (tertiary/aromatic N) is 2. The van der Waals surface area contributed by atoms with E-state index in [4.69, 9.17) is 4.74 Å². The van der Waals surface area contributed by atoms with E-state index in [1.54, 1.807) is 0 Å². The minimum Gasteiger partial charge on any atom is -0.369 e. The summed E-state index contributed by atoms with van der Waals surface area (Å²) in [6.45, 7) is 10.9. The van der Waals surface area contributed by atoms with E-state index >= 15 is 0 Å². The quantitative estimate of drug-likeness (QED) is 0.288. The largest absolute Gasteiger partial charge is 0.369 e. The Kier molecular flexibility index (Phi) is 9.06. The van der Waals surface area contributed by atoms with E-state index in [0.717, 1.165) is 69.9 Å². The summed E-state index contributed by atoms with van der Waals surface area (Å²) in [7, 11) is 4.26. The number of unbranched alkanes of at least 4 members (excludes halogenated alkanes) is 1. The van der Waals surface area contributed by atoms with Gasteiger partial charge in [-0.15, -0.1) is 0 Å². The number of hydrogen-bond donors (Lipinski definition) is 3. The SMILES string of the molecule is CN(C)CCCCNC1CCC2C(=O)C(C(=O)NC3CC(C)(C)NC(C)(C)C3)=CN3C4CC5CCCCC5CC4OC1C23. The van der Waals surface area contributed by atoms with Crippen molar-refractivity contribution in [1.82, 2.24) is 25.8 Å². The summed E-state index contributed by atoms with van der Waals surface area (Å²) in [4.78, 5) is 32.8. The number of fused-ring (bicyclic) bond motifs is 3. The maximum absolute atomic E-state index is 14.1. The first kappa shape index (κ1) is 31.5. The summed E-state index contributed by atoms with van der Waals surface area (Å²) < 4.78 is 7.10. The van der Waals surface area contributed by atoms with Crippen molar-refractivity contribution in [3.05, 3.63) is 11.8 Å². The normalized spacial score (nSPS) is 38.5. The van der Waals surface area contributed by atoms with Crippen LogP contribution in [-0.4, -0.2) is 96.1 Å². The Morgan fingerprint density at radius 2 is 1.72 bits per heavy atom. The van der Waals surface area contributed by atoms with E-state index in [-0.39, 0.29) is 65.1 Å². The summed E-state index contributed by atoms with van der Waals surface area (Å²) >= 11 is 0. The molecule has 8 unspecified atom stereocenters. The van der Waals surface area contributed by atoms with Gasteiger partial charge in [0, 0.05) is 35.3 Å². The lowest BCUT2D eigenvalue weighted by Gasteiger charge is -2.60. The van der Waals surface area contributed by atoms with Crippen LogP contribution in [0.4, 0.5) is 0 Å². The molecule has 8 heteroatoms. The summed E-state index contributed by atoms with van der Waals surface area (Å²) in [5.41, 5.74) is 0.240. The molecule has 3 N–H and O–H groups in total.